The van der Waals surface area contributed by atoms with Crippen LogP contribution in [0.15, 0.2) is 53.1 Å². The van der Waals surface area contributed by atoms with Crippen molar-refractivity contribution in [2.45, 2.75) is 6.61 Å². The van der Waals surface area contributed by atoms with E-state index in [1.165, 1.54) is 0 Å². The van der Waals surface area contributed by atoms with Gasteiger partial charge < -0.3 is 28.8 Å². The summed E-state index contributed by atoms with van der Waals surface area (Å²) in [7, 11) is 1.55. The van der Waals surface area contributed by atoms with Crippen molar-refractivity contribution in [1.82, 2.24) is 5.16 Å². The van der Waals surface area contributed by atoms with E-state index in [1.807, 2.05) is 30.3 Å². The van der Waals surface area contributed by atoms with Gasteiger partial charge in [0.15, 0.2) is 17.3 Å². The Labute approximate surface area is 160 Å². The Morgan fingerprint density at radius 2 is 2.00 bits per heavy atom. The molecule has 8 nitrogen and oxygen atoms in total. The number of rotatable bonds is 7. The lowest BCUT2D eigenvalue weighted by Gasteiger charge is -2.09. The first-order chi connectivity index (χ1) is 13.7. The minimum atomic E-state index is -0.288. The largest absolute Gasteiger partial charge is 0.495 e. The average molecular weight is 382 g/mol. The summed E-state index contributed by atoms with van der Waals surface area (Å²) >= 11 is 0. The van der Waals surface area contributed by atoms with Crippen molar-refractivity contribution in [3.05, 3.63) is 54.2 Å². The number of hydrogen-bond donors (Lipinski definition) is 1. The Morgan fingerprint density at radius 3 is 2.89 bits per heavy atom. The lowest BCUT2D eigenvalue weighted by molar-refractivity contribution is -0.121. The maximum Gasteiger partial charge on any atom is 0.250 e. The second-order valence-electron chi connectivity index (χ2n) is 5.99. The highest BCUT2D eigenvalue weighted by Crippen LogP contribution is 2.36. The maximum atomic E-state index is 12.0. The number of amides is 1. The van der Waals surface area contributed by atoms with Crippen molar-refractivity contribution < 1.29 is 28.3 Å². The number of nitrogens with one attached hydrogen (secondary N) is 1. The molecule has 28 heavy (non-hydrogen) atoms. The molecule has 0 spiro atoms. The SMILES string of the molecule is COc1ccccc1NC(=O)COCc1cc(-c2ccc3c(c2)OCO3)on1. The molecule has 1 N–H and O–H groups in total. The van der Waals surface area contributed by atoms with Crippen molar-refractivity contribution in [3.63, 3.8) is 0 Å². The van der Waals surface area contributed by atoms with Gasteiger partial charge in [-0.05, 0) is 30.3 Å². The molecule has 1 aliphatic rings. The number of carbonyl (C=O) groups is 1. The molecule has 4 rings (SSSR count). The van der Waals surface area contributed by atoms with Crippen LogP contribution in [0, 0.1) is 0 Å². The predicted octanol–water partition coefficient (Wildman–Crippen LogP) is 3.23. The highest BCUT2D eigenvalue weighted by atomic mass is 16.7. The van der Waals surface area contributed by atoms with Gasteiger partial charge in [-0.15, -0.1) is 0 Å². The summed E-state index contributed by atoms with van der Waals surface area (Å²) in [6, 6.07) is 14.4. The highest BCUT2D eigenvalue weighted by Gasteiger charge is 2.16. The van der Waals surface area contributed by atoms with Crippen molar-refractivity contribution in [3.8, 4) is 28.6 Å². The Morgan fingerprint density at radius 1 is 1.14 bits per heavy atom. The molecule has 2 aromatic carbocycles. The van der Waals surface area contributed by atoms with Gasteiger partial charge in [0.2, 0.25) is 12.7 Å². The predicted molar refractivity (Wildman–Crippen MR) is 99.3 cm³/mol. The highest BCUT2D eigenvalue weighted by molar-refractivity contribution is 5.93. The van der Waals surface area contributed by atoms with Gasteiger partial charge in [-0.3, -0.25) is 4.79 Å². The number of methoxy groups -OCH3 is 1. The number of benzene rings is 2. The monoisotopic (exact) mass is 382 g/mol. The summed E-state index contributed by atoms with van der Waals surface area (Å²) in [6.07, 6.45) is 0. The molecule has 8 heteroatoms. The van der Waals surface area contributed by atoms with Gasteiger partial charge in [0.05, 0.1) is 19.4 Å². The van der Waals surface area contributed by atoms with Crippen LogP contribution in [0.2, 0.25) is 0 Å². The van der Waals surface area contributed by atoms with E-state index in [0.29, 0.717) is 34.4 Å². The molecule has 144 valence electrons. The molecule has 0 saturated carbocycles. The van der Waals surface area contributed by atoms with Gasteiger partial charge in [0, 0.05) is 11.6 Å². The molecule has 1 aliphatic heterocycles. The normalized spacial score (nSPS) is 12.0. The fraction of sp³-hybridized carbons (Fsp3) is 0.200. The summed E-state index contributed by atoms with van der Waals surface area (Å²) < 4.78 is 26.6. The van der Waals surface area contributed by atoms with Crippen molar-refractivity contribution in [1.29, 1.82) is 0 Å². The Kier molecular flexibility index (Phi) is 5.11. The third-order valence-electron chi connectivity index (χ3n) is 4.08. The van der Waals surface area contributed by atoms with E-state index in [1.54, 1.807) is 25.3 Å². The van der Waals surface area contributed by atoms with Crippen LogP contribution < -0.4 is 19.5 Å². The molecule has 0 radical (unpaired) electrons. The summed E-state index contributed by atoms with van der Waals surface area (Å²) in [6.45, 7) is 0.239. The van der Waals surface area contributed by atoms with E-state index < -0.39 is 0 Å². The summed E-state index contributed by atoms with van der Waals surface area (Å²) in [4.78, 5) is 12.0. The van der Waals surface area contributed by atoms with Crippen LogP contribution in [-0.4, -0.2) is 31.6 Å². The van der Waals surface area contributed by atoms with E-state index in [9.17, 15) is 4.79 Å². The zero-order valence-electron chi connectivity index (χ0n) is 15.1. The molecule has 0 aliphatic carbocycles. The molecule has 2 heterocycles. The Balaban J connectivity index is 1.30. The van der Waals surface area contributed by atoms with Gasteiger partial charge in [-0.2, -0.15) is 0 Å². The molecule has 1 amide bonds. The number of hydrogen-bond acceptors (Lipinski definition) is 7. The quantitative estimate of drug-likeness (QED) is 0.671. The Hall–Kier alpha value is -3.52. The lowest BCUT2D eigenvalue weighted by Crippen LogP contribution is -2.18. The van der Waals surface area contributed by atoms with Crippen LogP contribution in [0.25, 0.3) is 11.3 Å². The molecule has 0 unspecified atom stereocenters. The first-order valence-electron chi connectivity index (χ1n) is 8.59. The summed E-state index contributed by atoms with van der Waals surface area (Å²) in [5.74, 6) is 2.24. The molecule has 0 fully saturated rings. The lowest BCUT2D eigenvalue weighted by atomic mass is 10.1. The zero-order valence-corrected chi connectivity index (χ0v) is 15.1. The number of fused-ring (bicyclic) bond motifs is 1. The summed E-state index contributed by atoms with van der Waals surface area (Å²) in [5.41, 5.74) is 1.99. The number of carbonyl (C=O) groups excluding carboxylic acids is 1. The number of nitrogens with zero attached hydrogens (tertiary/aromatic N) is 1. The zero-order chi connectivity index (χ0) is 19.3. The van der Waals surface area contributed by atoms with Gasteiger partial charge in [0.1, 0.15) is 18.1 Å². The van der Waals surface area contributed by atoms with Crippen molar-refractivity contribution in [2.75, 3.05) is 25.8 Å². The van der Waals surface area contributed by atoms with Gasteiger partial charge in [-0.1, -0.05) is 17.3 Å². The third-order valence-corrected chi connectivity index (χ3v) is 4.08. The maximum absolute atomic E-state index is 12.0. The fourth-order valence-corrected chi connectivity index (χ4v) is 2.75. The van der Waals surface area contributed by atoms with Gasteiger partial charge in [-0.25, -0.2) is 0 Å². The number of para-hydroxylation sites is 2. The van der Waals surface area contributed by atoms with Crippen LogP contribution in [0.4, 0.5) is 5.69 Å². The minimum absolute atomic E-state index is 0.121. The standard InChI is InChI=1S/C20H18N2O6/c1-24-16-5-3-2-4-15(16)21-20(23)11-25-10-14-9-18(28-22-14)13-6-7-17-19(8-13)27-12-26-17/h2-9H,10-12H2,1H3,(H,21,23). The molecular formula is C20H18N2O6. The number of ether oxygens (including phenoxy) is 4. The molecule has 3 aromatic rings. The van der Waals surface area contributed by atoms with Gasteiger partial charge in [0.25, 0.3) is 0 Å². The smallest absolute Gasteiger partial charge is 0.250 e. The van der Waals surface area contributed by atoms with Gasteiger partial charge >= 0.3 is 0 Å². The van der Waals surface area contributed by atoms with Crippen LogP contribution in [0.3, 0.4) is 0 Å². The van der Waals surface area contributed by atoms with Crippen molar-refractivity contribution >= 4 is 11.6 Å². The van der Waals surface area contributed by atoms with E-state index >= 15 is 0 Å². The second-order valence-corrected chi connectivity index (χ2v) is 5.99. The second kappa shape index (κ2) is 8.01. The van der Waals surface area contributed by atoms with E-state index in [-0.39, 0.29) is 25.9 Å². The Bertz CT molecular complexity index is 984. The van der Waals surface area contributed by atoms with Crippen LogP contribution in [-0.2, 0) is 16.1 Å². The topological polar surface area (TPSA) is 92.1 Å². The fourth-order valence-electron chi connectivity index (χ4n) is 2.75. The molecule has 1 aromatic heterocycles. The number of anilines is 1. The average Bonchev–Trinajstić information content (AvgIpc) is 3.37. The first-order valence-corrected chi connectivity index (χ1v) is 8.59. The van der Waals surface area contributed by atoms with E-state index in [0.717, 1.165) is 5.56 Å². The van der Waals surface area contributed by atoms with E-state index in [4.69, 9.17) is 23.5 Å². The van der Waals surface area contributed by atoms with E-state index in [2.05, 4.69) is 10.5 Å². The third kappa shape index (κ3) is 3.91. The molecule has 0 bridgehead atoms. The number of aromatic nitrogens is 1. The van der Waals surface area contributed by atoms with Crippen LogP contribution in [0.1, 0.15) is 5.69 Å². The van der Waals surface area contributed by atoms with Crippen LogP contribution in [0.5, 0.6) is 17.2 Å². The molecule has 0 saturated heterocycles. The van der Waals surface area contributed by atoms with Crippen LogP contribution >= 0.6 is 0 Å². The van der Waals surface area contributed by atoms with Crippen molar-refractivity contribution in [2.24, 2.45) is 0 Å². The summed E-state index contributed by atoms with van der Waals surface area (Å²) in [5, 5.41) is 6.71. The minimum Gasteiger partial charge on any atom is -0.495 e. The molecule has 0 atom stereocenters. The first kappa shape index (κ1) is 17.9. The molecular weight excluding hydrogens is 364 g/mol.